The molecule has 1 aliphatic rings. The van der Waals surface area contributed by atoms with E-state index in [9.17, 15) is 4.39 Å². The lowest BCUT2D eigenvalue weighted by Gasteiger charge is -2.35. The molecule has 1 fully saturated rings. The van der Waals surface area contributed by atoms with Gasteiger partial charge in [-0.1, -0.05) is 6.08 Å². The summed E-state index contributed by atoms with van der Waals surface area (Å²) in [5.74, 6) is 0.520. The van der Waals surface area contributed by atoms with Crippen molar-refractivity contribution in [3.8, 4) is 5.75 Å². The molecule has 1 aromatic rings. The second-order valence-corrected chi connectivity index (χ2v) is 4.71. The Balaban J connectivity index is 0.00000200. The minimum Gasteiger partial charge on any atom is -0.497 e. The van der Waals surface area contributed by atoms with Crippen molar-refractivity contribution in [3.63, 3.8) is 0 Å². The van der Waals surface area contributed by atoms with Crippen molar-refractivity contribution in [2.75, 3.05) is 33.3 Å². The van der Waals surface area contributed by atoms with Crippen molar-refractivity contribution < 1.29 is 9.13 Å². The zero-order valence-electron chi connectivity index (χ0n) is 11.8. The second kappa shape index (κ2) is 8.25. The Hall–Kier alpha value is -1.10. The van der Waals surface area contributed by atoms with Gasteiger partial charge in [-0.3, -0.25) is 4.90 Å². The molecule has 3 nitrogen and oxygen atoms in total. The van der Waals surface area contributed by atoms with E-state index in [1.54, 1.807) is 19.2 Å². The van der Waals surface area contributed by atoms with E-state index in [2.05, 4.69) is 16.8 Å². The molecule has 1 atom stereocenters. The summed E-state index contributed by atoms with van der Waals surface area (Å²) in [5.41, 5.74) is 0.696. The molecule has 0 amide bonds. The van der Waals surface area contributed by atoms with E-state index in [4.69, 9.17) is 4.74 Å². The van der Waals surface area contributed by atoms with E-state index in [1.807, 2.05) is 6.08 Å². The zero-order valence-corrected chi connectivity index (χ0v) is 12.6. The first-order valence-corrected chi connectivity index (χ1v) is 6.65. The summed E-state index contributed by atoms with van der Waals surface area (Å²) < 4.78 is 19.3. The van der Waals surface area contributed by atoms with Crippen molar-refractivity contribution in [1.29, 1.82) is 0 Å². The minimum absolute atomic E-state index is 0. The molecule has 20 heavy (non-hydrogen) atoms. The lowest BCUT2D eigenvalue weighted by atomic mass is 10.00. The van der Waals surface area contributed by atoms with Crippen LogP contribution in [0.4, 0.5) is 4.39 Å². The molecular formula is C15H22ClFN2O. The number of ether oxygens (including phenoxy) is 1. The highest BCUT2D eigenvalue weighted by Gasteiger charge is 2.23. The van der Waals surface area contributed by atoms with Crippen LogP contribution in [0.1, 0.15) is 18.0 Å². The normalized spacial score (nSPS) is 17.1. The fourth-order valence-electron chi connectivity index (χ4n) is 2.53. The first kappa shape index (κ1) is 17.0. The summed E-state index contributed by atoms with van der Waals surface area (Å²) in [6, 6.07) is 4.97. The summed E-state index contributed by atoms with van der Waals surface area (Å²) in [7, 11) is 1.60. The largest absolute Gasteiger partial charge is 0.497 e. The molecule has 1 saturated heterocycles. The quantitative estimate of drug-likeness (QED) is 0.846. The van der Waals surface area contributed by atoms with E-state index in [1.165, 1.54) is 6.07 Å². The topological polar surface area (TPSA) is 24.5 Å². The Morgan fingerprint density at radius 1 is 1.45 bits per heavy atom. The Morgan fingerprint density at radius 2 is 2.15 bits per heavy atom. The number of halogens is 2. The molecule has 0 aromatic heterocycles. The number of piperazine rings is 1. The Morgan fingerprint density at radius 3 is 2.75 bits per heavy atom. The first-order chi connectivity index (χ1) is 9.26. The van der Waals surface area contributed by atoms with Gasteiger partial charge in [0.05, 0.1) is 7.11 Å². The molecule has 0 saturated carbocycles. The highest BCUT2D eigenvalue weighted by atomic mass is 35.5. The van der Waals surface area contributed by atoms with Crippen LogP contribution in [0.25, 0.3) is 0 Å². The number of hydrogen-bond donors (Lipinski definition) is 1. The SMILES string of the molecule is C=CC[C@@H](c1cc(OC)ccc1F)N1CCNCC1.Cl. The number of nitrogens with zero attached hydrogens (tertiary/aromatic N) is 1. The minimum atomic E-state index is -0.175. The van der Waals surface area contributed by atoms with E-state index in [-0.39, 0.29) is 24.3 Å². The van der Waals surface area contributed by atoms with Crippen molar-refractivity contribution in [3.05, 3.63) is 42.2 Å². The summed E-state index contributed by atoms with van der Waals surface area (Å²) in [6.45, 7) is 7.54. The maximum absolute atomic E-state index is 14.1. The highest BCUT2D eigenvalue weighted by Crippen LogP contribution is 2.30. The maximum Gasteiger partial charge on any atom is 0.128 e. The van der Waals surface area contributed by atoms with E-state index in [0.717, 1.165) is 32.6 Å². The lowest BCUT2D eigenvalue weighted by Crippen LogP contribution is -2.45. The lowest BCUT2D eigenvalue weighted by molar-refractivity contribution is 0.171. The second-order valence-electron chi connectivity index (χ2n) is 4.71. The van der Waals surface area contributed by atoms with Crippen LogP contribution in [0, 0.1) is 5.82 Å². The number of benzene rings is 1. The van der Waals surface area contributed by atoms with Crippen LogP contribution in [-0.4, -0.2) is 38.2 Å². The van der Waals surface area contributed by atoms with Gasteiger partial charge in [-0.25, -0.2) is 4.39 Å². The Kier molecular flexibility index (Phi) is 6.99. The maximum atomic E-state index is 14.1. The third-order valence-electron chi connectivity index (χ3n) is 3.54. The summed E-state index contributed by atoms with van der Waals surface area (Å²) in [4.78, 5) is 2.30. The third kappa shape index (κ3) is 3.95. The van der Waals surface area contributed by atoms with Crippen LogP contribution in [-0.2, 0) is 0 Å². The molecule has 0 spiro atoms. The first-order valence-electron chi connectivity index (χ1n) is 6.65. The average Bonchev–Trinajstić information content (AvgIpc) is 2.47. The van der Waals surface area contributed by atoms with Crippen molar-refractivity contribution in [1.82, 2.24) is 10.2 Å². The standard InChI is InChI=1S/C15H21FN2O.ClH/c1-3-4-15(18-9-7-17-8-10-18)13-11-12(19-2)5-6-14(13)16;/h3,5-6,11,15,17H,1,4,7-10H2,2H3;1H/t15-;/m0./s1. The molecule has 5 heteroatoms. The highest BCUT2D eigenvalue weighted by molar-refractivity contribution is 5.85. The van der Waals surface area contributed by atoms with Crippen LogP contribution >= 0.6 is 12.4 Å². The van der Waals surface area contributed by atoms with Crippen LogP contribution in [0.3, 0.4) is 0 Å². The van der Waals surface area contributed by atoms with E-state index < -0.39 is 0 Å². The van der Waals surface area contributed by atoms with Gasteiger partial charge in [-0.15, -0.1) is 19.0 Å². The zero-order chi connectivity index (χ0) is 13.7. The van der Waals surface area contributed by atoms with Crippen molar-refractivity contribution in [2.45, 2.75) is 12.5 Å². The molecule has 0 unspecified atom stereocenters. The molecule has 1 N–H and O–H groups in total. The van der Waals surface area contributed by atoms with Crippen LogP contribution in [0.15, 0.2) is 30.9 Å². The predicted octanol–water partition coefficient (Wildman–Crippen LogP) is 2.78. The van der Waals surface area contributed by atoms with Gasteiger partial charge >= 0.3 is 0 Å². The van der Waals surface area contributed by atoms with E-state index >= 15 is 0 Å². The molecule has 1 aliphatic heterocycles. The fourth-order valence-corrected chi connectivity index (χ4v) is 2.53. The van der Waals surface area contributed by atoms with Crippen molar-refractivity contribution >= 4 is 12.4 Å². The molecule has 2 rings (SSSR count). The summed E-state index contributed by atoms with van der Waals surface area (Å²) >= 11 is 0. The van der Waals surface area contributed by atoms with Gasteiger partial charge in [0.25, 0.3) is 0 Å². The van der Waals surface area contributed by atoms with Gasteiger partial charge in [0.2, 0.25) is 0 Å². The third-order valence-corrected chi connectivity index (χ3v) is 3.54. The number of methoxy groups -OCH3 is 1. The Labute approximate surface area is 126 Å². The molecule has 1 heterocycles. The van der Waals surface area contributed by atoms with Crippen LogP contribution in [0.2, 0.25) is 0 Å². The summed E-state index contributed by atoms with van der Waals surface area (Å²) in [6.07, 6.45) is 2.59. The summed E-state index contributed by atoms with van der Waals surface area (Å²) in [5, 5.41) is 3.31. The number of hydrogen-bond acceptors (Lipinski definition) is 3. The van der Waals surface area contributed by atoms with E-state index in [0.29, 0.717) is 11.3 Å². The van der Waals surface area contributed by atoms with Crippen LogP contribution < -0.4 is 10.1 Å². The van der Waals surface area contributed by atoms with Gasteiger partial charge in [0.15, 0.2) is 0 Å². The molecule has 0 aliphatic carbocycles. The molecule has 0 radical (unpaired) electrons. The smallest absolute Gasteiger partial charge is 0.128 e. The molecular weight excluding hydrogens is 279 g/mol. The molecule has 1 aromatic carbocycles. The van der Waals surface area contributed by atoms with Gasteiger partial charge in [0.1, 0.15) is 11.6 Å². The average molecular weight is 301 g/mol. The fraction of sp³-hybridized carbons (Fsp3) is 0.467. The monoisotopic (exact) mass is 300 g/mol. The molecule has 112 valence electrons. The van der Waals surface area contributed by atoms with Gasteiger partial charge in [0, 0.05) is 37.8 Å². The molecule has 0 bridgehead atoms. The number of rotatable bonds is 5. The van der Waals surface area contributed by atoms with Gasteiger partial charge < -0.3 is 10.1 Å². The van der Waals surface area contributed by atoms with Crippen molar-refractivity contribution in [2.24, 2.45) is 0 Å². The Bertz CT molecular complexity index is 436. The van der Waals surface area contributed by atoms with Gasteiger partial charge in [-0.05, 0) is 24.6 Å². The van der Waals surface area contributed by atoms with Crippen LogP contribution in [0.5, 0.6) is 5.75 Å². The number of nitrogens with one attached hydrogen (secondary N) is 1. The van der Waals surface area contributed by atoms with Gasteiger partial charge in [-0.2, -0.15) is 0 Å². The predicted molar refractivity (Wildman–Crippen MR) is 82.2 cm³/mol.